The fraction of sp³-hybridized carbons (Fsp3) is 0.650. The van der Waals surface area contributed by atoms with Gasteiger partial charge in [-0.15, -0.1) is 0 Å². The molecule has 1 atom stereocenters. The first-order valence-corrected chi connectivity index (χ1v) is 11.2. The van der Waals surface area contributed by atoms with Crippen molar-refractivity contribution in [2.24, 2.45) is 5.92 Å². The quantitative estimate of drug-likeness (QED) is 0.769. The molecule has 1 aromatic carbocycles. The molecular weight excluding hydrogens is 362 g/mol. The number of amides is 1. The van der Waals surface area contributed by atoms with Gasteiger partial charge in [-0.25, -0.2) is 8.42 Å². The molecule has 0 bridgehead atoms. The van der Waals surface area contributed by atoms with E-state index in [4.69, 9.17) is 0 Å². The van der Waals surface area contributed by atoms with Crippen LogP contribution in [0.15, 0.2) is 29.2 Å². The van der Waals surface area contributed by atoms with E-state index in [1.165, 1.54) is 0 Å². The van der Waals surface area contributed by atoms with E-state index >= 15 is 0 Å². The van der Waals surface area contributed by atoms with Crippen molar-refractivity contribution in [3.63, 3.8) is 0 Å². The second kappa shape index (κ2) is 9.17. The maximum absolute atomic E-state index is 13.0. The van der Waals surface area contributed by atoms with Crippen LogP contribution < -0.4 is 4.72 Å². The predicted octanol–water partition coefficient (Wildman–Crippen LogP) is 2.28. The summed E-state index contributed by atoms with van der Waals surface area (Å²) in [7, 11) is -1.73. The van der Waals surface area contributed by atoms with Crippen LogP contribution in [0.4, 0.5) is 0 Å². The fourth-order valence-corrected chi connectivity index (χ4v) is 4.41. The van der Waals surface area contributed by atoms with Crippen molar-refractivity contribution in [2.45, 2.75) is 51.0 Å². The summed E-state index contributed by atoms with van der Waals surface area (Å²) in [6, 6.07) is 6.16. The molecule has 7 heteroatoms. The number of carbonyl (C=O) groups is 1. The third kappa shape index (κ3) is 6.02. The van der Waals surface area contributed by atoms with Crippen molar-refractivity contribution in [1.29, 1.82) is 0 Å². The molecule has 27 heavy (non-hydrogen) atoms. The Morgan fingerprint density at radius 1 is 1.04 bits per heavy atom. The van der Waals surface area contributed by atoms with E-state index in [2.05, 4.69) is 23.5 Å². The van der Waals surface area contributed by atoms with Gasteiger partial charge in [0.25, 0.3) is 0 Å². The highest BCUT2D eigenvalue weighted by Crippen LogP contribution is 2.19. The number of hydrogen-bond donors (Lipinski definition) is 1. The summed E-state index contributed by atoms with van der Waals surface area (Å²) in [5.74, 6) is 0.416. The minimum atomic E-state index is -3.75. The molecule has 0 aromatic heterocycles. The molecule has 1 aliphatic heterocycles. The normalized spacial score (nSPS) is 17.5. The van der Waals surface area contributed by atoms with Gasteiger partial charge < -0.3 is 9.80 Å². The number of nitrogens with zero attached hydrogens (tertiary/aromatic N) is 2. The molecule has 0 saturated carbocycles. The summed E-state index contributed by atoms with van der Waals surface area (Å²) in [5.41, 5.74) is 1.08. The topological polar surface area (TPSA) is 69.7 Å². The van der Waals surface area contributed by atoms with Crippen molar-refractivity contribution in [3.8, 4) is 0 Å². The Kier molecular flexibility index (Phi) is 7.42. The zero-order valence-corrected chi connectivity index (χ0v) is 17.9. The monoisotopic (exact) mass is 395 g/mol. The molecular formula is C20H33N3O3S. The van der Waals surface area contributed by atoms with Gasteiger partial charge in [-0.2, -0.15) is 4.72 Å². The molecule has 0 aliphatic carbocycles. The first-order valence-electron chi connectivity index (χ1n) is 9.69. The van der Waals surface area contributed by atoms with Crippen molar-refractivity contribution < 1.29 is 13.2 Å². The van der Waals surface area contributed by atoms with E-state index in [-0.39, 0.29) is 16.7 Å². The largest absolute Gasteiger partial charge is 0.339 e. The summed E-state index contributed by atoms with van der Waals surface area (Å²) in [6.07, 6.45) is 0.481. The summed E-state index contributed by atoms with van der Waals surface area (Å²) < 4.78 is 28.4. The number of piperazine rings is 1. The first-order chi connectivity index (χ1) is 12.6. The van der Waals surface area contributed by atoms with Gasteiger partial charge in [0.1, 0.15) is 6.04 Å². The highest BCUT2D eigenvalue weighted by atomic mass is 32.2. The summed E-state index contributed by atoms with van der Waals surface area (Å²) in [6.45, 7) is 11.0. The van der Waals surface area contributed by atoms with Crippen LogP contribution in [0.1, 0.15) is 45.6 Å². The number of hydrogen-bond acceptors (Lipinski definition) is 4. The SMILES string of the molecule is CC(C)C[C@H](NS(=O)(=O)c1ccc(C(C)C)cc1)C(=O)N1CCN(C)CC1. The number of sulfonamides is 1. The molecule has 152 valence electrons. The van der Waals surface area contributed by atoms with Gasteiger partial charge in [-0.1, -0.05) is 39.8 Å². The highest BCUT2D eigenvalue weighted by molar-refractivity contribution is 7.89. The van der Waals surface area contributed by atoms with Crippen LogP contribution in [0.2, 0.25) is 0 Å². The van der Waals surface area contributed by atoms with Gasteiger partial charge in [-0.3, -0.25) is 4.79 Å². The number of likely N-dealkylation sites (N-methyl/N-ethyl adjacent to an activating group) is 1. The lowest BCUT2D eigenvalue weighted by Gasteiger charge is -2.35. The van der Waals surface area contributed by atoms with Gasteiger partial charge in [0.2, 0.25) is 15.9 Å². The molecule has 1 amide bonds. The van der Waals surface area contributed by atoms with E-state index in [1.54, 1.807) is 17.0 Å². The van der Waals surface area contributed by atoms with Gasteiger partial charge in [-0.05, 0) is 43.0 Å². The van der Waals surface area contributed by atoms with Crippen LogP contribution in [0.25, 0.3) is 0 Å². The van der Waals surface area contributed by atoms with Crippen LogP contribution in [0, 0.1) is 5.92 Å². The van der Waals surface area contributed by atoms with Gasteiger partial charge >= 0.3 is 0 Å². The molecule has 1 N–H and O–H groups in total. The molecule has 1 aliphatic rings. The summed E-state index contributed by atoms with van der Waals surface area (Å²) in [5, 5.41) is 0. The minimum absolute atomic E-state index is 0.126. The zero-order chi connectivity index (χ0) is 20.2. The molecule has 2 rings (SSSR count). The zero-order valence-electron chi connectivity index (χ0n) is 17.1. The highest BCUT2D eigenvalue weighted by Gasteiger charge is 2.31. The van der Waals surface area contributed by atoms with Crippen LogP contribution in [-0.4, -0.2) is 63.4 Å². The molecule has 1 heterocycles. The smallest absolute Gasteiger partial charge is 0.241 e. The Labute approximate surface area is 164 Å². The predicted molar refractivity (Wildman–Crippen MR) is 108 cm³/mol. The maximum Gasteiger partial charge on any atom is 0.241 e. The lowest BCUT2D eigenvalue weighted by atomic mass is 10.0. The standard InChI is InChI=1S/C20H33N3O3S/c1-15(2)14-19(20(24)23-12-10-22(5)11-13-23)21-27(25,26)18-8-6-17(7-9-18)16(3)4/h6-9,15-16,19,21H,10-14H2,1-5H3/t19-/m0/s1. The van der Waals surface area contributed by atoms with Crippen LogP contribution >= 0.6 is 0 Å². The molecule has 0 unspecified atom stereocenters. The van der Waals surface area contributed by atoms with E-state index in [9.17, 15) is 13.2 Å². The van der Waals surface area contributed by atoms with Crippen LogP contribution in [0.5, 0.6) is 0 Å². The Morgan fingerprint density at radius 2 is 1.59 bits per heavy atom. The minimum Gasteiger partial charge on any atom is -0.339 e. The number of nitrogens with one attached hydrogen (secondary N) is 1. The third-order valence-electron chi connectivity index (χ3n) is 4.97. The Hall–Kier alpha value is -1.44. The van der Waals surface area contributed by atoms with Crippen molar-refractivity contribution in [1.82, 2.24) is 14.5 Å². The van der Waals surface area contributed by atoms with Gasteiger partial charge in [0.05, 0.1) is 4.90 Å². The fourth-order valence-electron chi connectivity index (χ4n) is 3.21. The average Bonchev–Trinajstić information content (AvgIpc) is 2.60. The van der Waals surface area contributed by atoms with Crippen molar-refractivity contribution in [2.75, 3.05) is 33.2 Å². The second-order valence-electron chi connectivity index (χ2n) is 8.16. The Morgan fingerprint density at radius 3 is 2.07 bits per heavy atom. The molecule has 6 nitrogen and oxygen atoms in total. The third-order valence-corrected chi connectivity index (χ3v) is 6.46. The number of benzene rings is 1. The van der Waals surface area contributed by atoms with Crippen LogP contribution in [-0.2, 0) is 14.8 Å². The maximum atomic E-state index is 13.0. The van der Waals surface area contributed by atoms with Crippen molar-refractivity contribution >= 4 is 15.9 Å². The molecule has 0 radical (unpaired) electrons. The first kappa shape index (κ1) is 21.9. The lowest BCUT2D eigenvalue weighted by molar-refractivity contribution is -0.135. The Balaban J connectivity index is 2.17. The van der Waals surface area contributed by atoms with Gasteiger partial charge in [0.15, 0.2) is 0 Å². The molecule has 1 saturated heterocycles. The molecule has 1 aromatic rings. The molecule has 1 fully saturated rings. The van der Waals surface area contributed by atoms with E-state index in [1.807, 2.05) is 33.0 Å². The summed E-state index contributed by atoms with van der Waals surface area (Å²) in [4.78, 5) is 17.1. The molecule has 0 spiro atoms. The lowest BCUT2D eigenvalue weighted by Crippen LogP contribution is -2.54. The van der Waals surface area contributed by atoms with E-state index < -0.39 is 16.1 Å². The second-order valence-corrected chi connectivity index (χ2v) is 9.87. The van der Waals surface area contributed by atoms with Crippen LogP contribution in [0.3, 0.4) is 0 Å². The number of rotatable bonds is 7. The van der Waals surface area contributed by atoms with E-state index in [0.29, 0.717) is 25.4 Å². The van der Waals surface area contributed by atoms with Gasteiger partial charge in [0, 0.05) is 26.2 Å². The number of carbonyl (C=O) groups excluding carboxylic acids is 1. The average molecular weight is 396 g/mol. The Bertz CT molecular complexity index is 721. The van der Waals surface area contributed by atoms with E-state index in [0.717, 1.165) is 18.7 Å². The summed E-state index contributed by atoms with van der Waals surface area (Å²) >= 11 is 0. The van der Waals surface area contributed by atoms with Crippen molar-refractivity contribution in [3.05, 3.63) is 29.8 Å².